The van der Waals surface area contributed by atoms with Crippen molar-refractivity contribution in [3.8, 4) is 0 Å². The van der Waals surface area contributed by atoms with Gasteiger partial charge in [-0.3, -0.25) is 14.4 Å². The molecule has 1 aromatic rings. The van der Waals surface area contributed by atoms with E-state index in [2.05, 4.69) is 23.8 Å². The third-order valence-electron chi connectivity index (χ3n) is 4.88. The molecule has 176 valence electrons. The van der Waals surface area contributed by atoms with Gasteiger partial charge in [0, 0.05) is 18.9 Å². The minimum absolute atomic E-state index is 0.0265. The minimum atomic E-state index is -0.625. The summed E-state index contributed by atoms with van der Waals surface area (Å²) in [5.74, 6) is -1.57. The molecule has 0 aliphatic rings. The molecule has 2 amide bonds. The first kappa shape index (κ1) is 27.1. The lowest BCUT2D eigenvalue weighted by atomic mass is 9.99. The van der Waals surface area contributed by atoms with Crippen molar-refractivity contribution < 1.29 is 24.2 Å². The first-order chi connectivity index (χ1) is 15.4. The molecule has 3 N–H and O–H groups in total. The van der Waals surface area contributed by atoms with Crippen molar-refractivity contribution in [3.05, 3.63) is 61.2 Å². The highest BCUT2D eigenvalue weighted by Crippen LogP contribution is 2.19. The summed E-state index contributed by atoms with van der Waals surface area (Å²) in [6.07, 6.45) is 5.80. The zero-order valence-corrected chi connectivity index (χ0v) is 18.9. The van der Waals surface area contributed by atoms with Crippen molar-refractivity contribution in [2.75, 3.05) is 13.2 Å². The third-order valence-corrected chi connectivity index (χ3v) is 4.88. The van der Waals surface area contributed by atoms with E-state index in [1.54, 1.807) is 13.0 Å². The number of esters is 1. The molecule has 7 heteroatoms. The van der Waals surface area contributed by atoms with Crippen LogP contribution in [0.5, 0.6) is 0 Å². The van der Waals surface area contributed by atoms with Gasteiger partial charge in [-0.25, -0.2) is 0 Å². The number of rotatable bonds is 16. The largest absolute Gasteiger partial charge is 0.456 e. The number of aliphatic hydroxyl groups excluding tert-OH is 1. The standard InChI is InChI=1S/C25H36N2O5/c1-4-6-7-11-15-24(30)32-22(20-13-9-8-10-14-20)17-26-25(31)21(12-5-2)16-23(29)27-19(3)18-28/h4-5,8-10,13-14,19,21-22,28H,1-2,6-7,11-12,15-18H2,3H3,(H,26,31)(H,27,29)/t19-,21-,22+/m0/s1. The lowest BCUT2D eigenvalue weighted by Gasteiger charge is -2.21. The second-order valence-electron chi connectivity index (χ2n) is 7.75. The maximum Gasteiger partial charge on any atom is 0.306 e. The van der Waals surface area contributed by atoms with Gasteiger partial charge in [0.25, 0.3) is 0 Å². The number of unbranched alkanes of at least 4 members (excludes halogenated alkanes) is 2. The van der Waals surface area contributed by atoms with Crippen LogP contribution in [0.2, 0.25) is 0 Å². The second kappa shape index (κ2) is 15.8. The molecule has 0 radical (unpaired) electrons. The summed E-state index contributed by atoms with van der Waals surface area (Å²) in [4.78, 5) is 37.2. The fourth-order valence-corrected chi connectivity index (χ4v) is 3.10. The summed E-state index contributed by atoms with van der Waals surface area (Å²) in [6, 6.07) is 8.84. The van der Waals surface area contributed by atoms with Crippen LogP contribution in [0.15, 0.2) is 55.6 Å². The van der Waals surface area contributed by atoms with E-state index in [0.29, 0.717) is 19.3 Å². The zero-order valence-electron chi connectivity index (χ0n) is 18.9. The average molecular weight is 445 g/mol. The Morgan fingerprint density at radius 3 is 2.47 bits per heavy atom. The summed E-state index contributed by atoms with van der Waals surface area (Å²) < 4.78 is 5.65. The molecule has 1 rings (SSSR count). The molecule has 0 unspecified atom stereocenters. The average Bonchev–Trinajstić information content (AvgIpc) is 2.79. The second-order valence-corrected chi connectivity index (χ2v) is 7.75. The van der Waals surface area contributed by atoms with E-state index in [4.69, 9.17) is 9.84 Å². The highest BCUT2D eigenvalue weighted by Gasteiger charge is 2.24. The molecule has 7 nitrogen and oxygen atoms in total. The van der Waals surface area contributed by atoms with E-state index in [1.807, 2.05) is 36.4 Å². The van der Waals surface area contributed by atoms with Gasteiger partial charge in [0.2, 0.25) is 11.8 Å². The molecule has 0 fully saturated rings. The maximum absolute atomic E-state index is 12.8. The fourth-order valence-electron chi connectivity index (χ4n) is 3.10. The van der Waals surface area contributed by atoms with Crippen LogP contribution < -0.4 is 10.6 Å². The van der Waals surface area contributed by atoms with Gasteiger partial charge in [0.1, 0.15) is 6.10 Å². The first-order valence-electron chi connectivity index (χ1n) is 11.0. The molecule has 0 heterocycles. The molecule has 0 saturated heterocycles. The van der Waals surface area contributed by atoms with E-state index >= 15 is 0 Å². The van der Waals surface area contributed by atoms with Crippen LogP contribution in [-0.2, 0) is 19.1 Å². The number of carbonyl (C=O) groups is 3. The number of hydrogen-bond donors (Lipinski definition) is 3. The Hall–Kier alpha value is -2.93. The van der Waals surface area contributed by atoms with E-state index < -0.39 is 12.0 Å². The highest BCUT2D eigenvalue weighted by molar-refractivity contribution is 5.86. The van der Waals surface area contributed by atoms with Crippen LogP contribution in [0.25, 0.3) is 0 Å². The van der Waals surface area contributed by atoms with Gasteiger partial charge in [-0.15, -0.1) is 13.2 Å². The predicted octanol–water partition coefficient (Wildman–Crippen LogP) is 3.21. The van der Waals surface area contributed by atoms with Gasteiger partial charge in [-0.1, -0.05) is 42.5 Å². The predicted molar refractivity (Wildman–Crippen MR) is 125 cm³/mol. The number of hydrogen-bond acceptors (Lipinski definition) is 5. The SMILES string of the molecule is C=CCCCCC(=O)O[C@H](CNC(=O)[C@@H](CC=C)CC(=O)N[C@@H](C)CO)c1ccccc1. The number of carbonyl (C=O) groups excluding carboxylic acids is 3. The smallest absolute Gasteiger partial charge is 0.306 e. The summed E-state index contributed by atoms with van der Waals surface area (Å²) in [5.41, 5.74) is 0.780. The van der Waals surface area contributed by atoms with Crippen molar-refractivity contribution in [2.45, 2.75) is 57.6 Å². The lowest BCUT2D eigenvalue weighted by Crippen LogP contribution is -2.40. The van der Waals surface area contributed by atoms with Gasteiger partial charge >= 0.3 is 5.97 Å². The number of aliphatic hydroxyl groups is 1. The van der Waals surface area contributed by atoms with Crippen LogP contribution in [0.3, 0.4) is 0 Å². The van der Waals surface area contributed by atoms with Crippen molar-refractivity contribution in [1.82, 2.24) is 10.6 Å². The molecule has 0 aliphatic heterocycles. The third kappa shape index (κ3) is 10.9. The summed E-state index contributed by atoms with van der Waals surface area (Å²) in [6.45, 7) is 8.93. The van der Waals surface area contributed by atoms with Gasteiger partial charge in [-0.05, 0) is 38.2 Å². The Morgan fingerprint density at radius 2 is 1.84 bits per heavy atom. The minimum Gasteiger partial charge on any atom is -0.456 e. The first-order valence-corrected chi connectivity index (χ1v) is 11.0. The van der Waals surface area contributed by atoms with E-state index in [1.165, 1.54) is 0 Å². The van der Waals surface area contributed by atoms with Gasteiger partial charge in [0.15, 0.2) is 0 Å². The zero-order chi connectivity index (χ0) is 23.8. The molecule has 0 aromatic heterocycles. The normalized spacial score (nSPS) is 13.3. The number of nitrogens with one attached hydrogen (secondary N) is 2. The summed E-state index contributed by atoms with van der Waals surface area (Å²) in [5, 5.41) is 14.5. The topological polar surface area (TPSA) is 105 Å². The van der Waals surface area contributed by atoms with Crippen LogP contribution in [-0.4, -0.2) is 42.1 Å². The molecular formula is C25H36N2O5. The number of ether oxygens (including phenoxy) is 1. The van der Waals surface area contributed by atoms with Crippen molar-refractivity contribution in [3.63, 3.8) is 0 Å². The fraction of sp³-hybridized carbons (Fsp3) is 0.480. The summed E-state index contributed by atoms with van der Waals surface area (Å²) >= 11 is 0. The molecule has 0 bridgehead atoms. The Morgan fingerprint density at radius 1 is 1.12 bits per heavy atom. The van der Waals surface area contributed by atoms with Crippen LogP contribution in [0.1, 0.15) is 57.1 Å². The van der Waals surface area contributed by atoms with Crippen molar-refractivity contribution >= 4 is 17.8 Å². The maximum atomic E-state index is 12.8. The molecule has 0 aliphatic carbocycles. The van der Waals surface area contributed by atoms with E-state index in [-0.39, 0.29) is 43.4 Å². The van der Waals surface area contributed by atoms with E-state index in [9.17, 15) is 14.4 Å². The molecule has 0 spiro atoms. The summed E-state index contributed by atoms with van der Waals surface area (Å²) in [7, 11) is 0. The van der Waals surface area contributed by atoms with Gasteiger partial charge < -0.3 is 20.5 Å². The quantitative estimate of drug-likeness (QED) is 0.206. The Balaban J connectivity index is 2.73. The molecular weight excluding hydrogens is 408 g/mol. The molecule has 32 heavy (non-hydrogen) atoms. The molecule has 0 saturated carbocycles. The number of benzene rings is 1. The van der Waals surface area contributed by atoms with Crippen molar-refractivity contribution in [2.24, 2.45) is 5.92 Å². The Kier molecular flexibility index (Phi) is 13.4. The Bertz CT molecular complexity index is 735. The van der Waals surface area contributed by atoms with Crippen LogP contribution in [0, 0.1) is 5.92 Å². The van der Waals surface area contributed by atoms with E-state index in [0.717, 1.165) is 18.4 Å². The molecule has 1 aromatic carbocycles. The van der Waals surface area contributed by atoms with Gasteiger partial charge in [-0.2, -0.15) is 0 Å². The Labute approximate surface area is 190 Å². The van der Waals surface area contributed by atoms with Crippen molar-refractivity contribution in [1.29, 1.82) is 0 Å². The number of allylic oxidation sites excluding steroid dienone is 2. The van der Waals surface area contributed by atoms with Gasteiger partial charge in [0.05, 0.1) is 19.1 Å². The lowest BCUT2D eigenvalue weighted by molar-refractivity contribution is -0.150. The molecule has 3 atom stereocenters. The number of amides is 2. The monoisotopic (exact) mass is 444 g/mol. The highest BCUT2D eigenvalue weighted by atomic mass is 16.5. The van der Waals surface area contributed by atoms with Crippen LogP contribution >= 0.6 is 0 Å². The van der Waals surface area contributed by atoms with Crippen LogP contribution in [0.4, 0.5) is 0 Å².